The summed E-state index contributed by atoms with van der Waals surface area (Å²) in [6.45, 7) is 8.89. The summed E-state index contributed by atoms with van der Waals surface area (Å²) in [5, 5.41) is 2.46. The Hall–Kier alpha value is -2.68. The molecular formula is C24H34FNO7. The minimum atomic E-state index is -0.977. The molecule has 1 heterocycles. The van der Waals surface area contributed by atoms with Crippen LogP contribution >= 0.6 is 0 Å². The molecule has 1 aromatic carbocycles. The molecule has 0 bridgehead atoms. The fourth-order valence-corrected chi connectivity index (χ4v) is 2.90. The summed E-state index contributed by atoms with van der Waals surface area (Å²) in [4.78, 5) is 35.9. The fraction of sp³-hybridized carbons (Fsp3) is 0.625. The van der Waals surface area contributed by atoms with Crippen molar-refractivity contribution in [1.82, 2.24) is 5.32 Å². The van der Waals surface area contributed by atoms with E-state index in [1.807, 2.05) is 6.92 Å². The second-order valence-corrected chi connectivity index (χ2v) is 9.35. The first-order chi connectivity index (χ1) is 15.4. The first kappa shape index (κ1) is 26.6. The number of ether oxygens (including phenoxy) is 4. The molecule has 1 N–H and O–H groups in total. The number of nitrogens with one attached hydrogen (secondary N) is 1. The van der Waals surface area contributed by atoms with Gasteiger partial charge in [0.2, 0.25) is 0 Å². The fourth-order valence-electron chi connectivity index (χ4n) is 2.90. The number of hydrogen-bond donors (Lipinski definition) is 1. The summed E-state index contributed by atoms with van der Waals surface area (Å²) >= 11 is 0. The van der Waals surface area contributed by atoms with E-state index in [9.17, 15) is 18.8 Å². The Bertz CT molecular complexity index is 781. The smallest absolute Gasteiger partial charge is 0.408 e. The number of hydrogen-bond acceptors (Lipinski definition) is 7. The van der Waals surface area contributed by atoms with Crippen LogP contribution in [0.2, 0.25) is 0 Å². The van der Waals surface area contributed by atoms with Crippen molar-refractivity contribution in [2.45, 2.75) is 77.7 Å². The van der Waals surface area contributed by atoms with Gasteiger partial charge in [0.15, 0.2) is 6.04 Å². The van der Waals surface area contributed by atoms with Crippen LogP contribution in [-0.2, 0) is 28.5 Å². The average Bonchev–Trinajstić information content (AvgIpc) is 3.53. The summed E-state index contributed by atoms with van der Waals surface area (Å²) in [6, 6.07) is 5.42. The number of carbonyl (C=O) groups is 3. The van der Waals surface area contributed by atoms with Gasteiger partial charge in [0.1, 0.15) is 23.6 Å². The molecule has 3 rings (SSSR count). The van der Waals surface area contributed by atoms with Crippen molar-refractivity contribution >= 4 is 18.0 Å². The molecule has 184 valence electrons. The number of cyclic esters (lactones) is 1. The maximum Gasteiger partial charge on any atom is 0.408 e. The molecule has 2 aliphatic rings. The lowest BCUT2D eigenvalue weighted by Crippen LogP contribution is -2.47. The molecule has 0 aromatic heterocycles. The average molecular weight is 468 g/mol. The van der Waals surface area contributed by atoms with E-state index in [1.165, 1.54) is 12.1 Å². The zero-order valence-electron chi connectivity index (χ0n) is 19.9. The lowest BCUT2D eigenvalue weighted by atomic mass is 10.2. The zero-order chi connectivity index (χ0) is 24.6. The molecule has 1 aliphatic heterocycles. The van der Waals surface area contributed by atoms with Crippen molar-refractivity contribution in [2.24, 2.45) is 5.92 Å². The van der Waals surface area contributed by atoms with Gasteiger partial charge in [-0.1, -0.05) is 17.7 Å². The van der Waals surface area contributed by atoms with Crippen molar-refractivity contribution in [3.63, 3.8) is 0 Å². The van der Waals surface area contributed by atoms with Gasteiger partial charge < -0.3 is 24.3 Å². The topological polar surface area (TPSA) is 100 Å². The highest BCUT2D eigenvalue weighted by Crippen LogP contribution is 2.31. The number of alkyl carbamates (subject to hydrolysis) is 1. The van der Waals surface area contributed by atoms with Gasteiger partial charge in [0, 0.05) is 6.42 Å². The highest BCUT2D eigenvalue weighted by Gasteiger charge is 2.35. The van der Waals surface area contributed by atoms with Gasteiger partial charge in [0.05, 0.1) is 19.1 Å². The molecule has 1 saturated carbocycles. The summed E-state index contributed by atoms with van der Waals surface area (Å²) in [7, 11) is 0. The maximum atomic E-state index is 12.2. The predicted molar refractivity (Wildman–Crippen MR) is 118 cm³/mol. The second-order valence-electron chi connectivity index (χ2n) is 9.35. The normalized spacial score (nSPS) is 23.5. The Labute approximate surface area is 194 Å². The Morgan fingerprint density at radius 2 is 1.76 bits per heavy atom. The van der Waals surface area contributed by atoms with E-state index >= 15 is 0 Å². The maximum absolute atomic E-state index is 12.2. The zero-order valence-corrected chi connectivity index (χ0v) is 19.9. The number of halogens is 1. The van der Waals surface area contributed by atoms with Gasteiger partial charge in [-0.3, -0.25) is 4.79 Å². The summed E-state index contributed by atoms with van der Waals surface area (Å²) in [5.41, 5.74) is 0.411. The van der Waals surface area contributed by atoms with E-state index < -0.39 is 35.9 Å². The number of amides is 1. The van der Waals surface area contributed by atoms with Crippen LogP contribution in [0.3, 0.4) is 0 Å². The molecule has 8 nitrogen and oxygen atoms in total. The van der Waals surface area contributed by atoms with Gasteiger partial charge in [0.25, 0.3) is 0 Å². The number of rotatable bonds is 3. The van der Waals surface area contributed by atoms with Crippen LogP contribution in [-0.4, -0.2) is 55.1 Å². The van der Waals surface area contributed by atoms with E-state index in [1.54, 1.807) is 39.8 Å². The van der Waals surface area contributed by atoms with Gasteiger partial charge in [-0.2, -0.15) is 0 Å². The Balaban J connectivity index is 0.000000405. The molecule has 1 aliphatic carbocycles. The third-order valence-corrected chi connectivity index (χ3v) is 4.68. The molecule has 1 aromatic rings. The van der Waals surface area contributed by atoms with Crippen molar-refractivity contribution in [3.8, 4) is 0 Å². The number of esters is 2. The van der Waals surface area contributed by atoms with Gasteiger partial charge in [-0.25, -0.2) is 14.0 Å². The molecular weight excluding hydrogens is 433 g/mol. The minimum absolute atomic E-state index is 0.00734. The first-order valence-corrected chi connectivity index (χ1v) is 11.1. The van der Waals surface area contributed by atoms with E-state index in [2.05, 4.69) is 5.32 Å². The second kappa shape index (κ2) is 12.0. The summed E-state index contributed by atoms with van der Waals surface area (Å²) in [5.74, 6) is -1.01. The van der Waals surface area contributed by atoms with Crippen LogP contribution in [0.5, 0.6) is 0 Å². The molecule has 3 atom stereocenters. The summed E-state index contributed by atoms with van der Waals surface area (Å²) in [6.07, 6.45) is 0.410. The SMILES string of the molecule is CC1CC(OC(=O)C2CC2)COC[C@H](NC(=O)OC(C)(C)C)C(=O)O1.Cc1ccc(F)cc1. The number of aryl methyl sites for hydroxylation is 1. The molecule has 33 heavy (non-hydrogen) atoms. The van der Waals surface area contributed by atoms with Gasteiger partial charge >= 0.3 is 18.0 Å². The number of carbonyl (C=O) groups excluding carboxylic acids is 3. The van der Waals surface area contributed by atoms with Crippen LogP contribution in [0.25, 0.3) is 0 Å². The molecule has 2 fully saturated rings. The number of benzene rings is 1. The minimum Gasteiger partial charge on any atom is -0.461 e. The largest absolute Gasteiger partial charge is 0.461 e. The third kappa shape index (κ3) is 10.7. The van der Waals surface area contributed by atoms with Crippen molar-refractivity contribution < 1.29 is 37.7 Å². The van der Waals surface area contributed by atoms with Crippen LogP contribution in [0.1, 0.15) is 52.5 Å². The van der Waals surface area contributed by atoms with Crippen LogP contribution in [0.4, 0.5) is 9.18 Å². The first-order valence-electron chi connectivity index (χ1n) is 11.1. The Morgan fingerprint density at radius 1 is 1.12 bits per heavy atom. The lowest BCUT2D eigenvalue weighted by Gasteiger charge is -2.23. The van der Waals surface area contributed by atoms with E-state index in [4.69, 9.17) is 18.9 Å². The monoisotopic (exact) mass is 467 g/mol. The molecule has 1 saturated heterocycles. The van der Waals surface area contributed by atoms with E-state index in [-0.39, 0.29) is 30.9 Å². The van der Waals surface area contributed by atoms with Crippen molar-refractivity contribution in [2.75, 3.05) is 13.2 Å². The molecule has 0 spiro atoms. The van der Waals surface area contributed by atoms with E-state index in [0.29, 0.717) is 6.42 Å². The van der Waals surface area contributed by atoms with Crippen LogP contribution in [0.15, 0.2) is 24.3 Å². The molecule has 0 radical (unpaired) electrons. The van der Waals surface area contributed by atoms with Crippen molar-refractivity contribution in [3.05, 3.63) is 35.6 Å². The standard InChI is InChI=1S/C17H27NO7.C7H7F/c1-10-7-12(24-14(19)11-5-6-11)8-22-9-13(15(20)23-10)18-16(21)25-17(2,3)4;1-6-2-4-7(8)5-3-6/h10-13H,5-9H2,1-4H3,(H,18,21);2-5H,1H3/t10?,12?,13-;/m0./s1. The Morgan fingerprint density at radius 3 is 2.30 bits per heavy atom. The predicted octanol–water partition coefficient (Wildman–Crippen LogP) is 3.69. The summed E-state index contributed by atoms with van der Waals surface area (Å²) < 4.78 is 33.5. The van der Waals surface area contributed by atoms with Crippen LogP contribution < -0.4 is 5.32 Å². The molecule has 1 amide bonds. The quantitative estimate of drug-likeness (QED) is 0.535. The molecule has 2 unspecified atom stereocenters. The molecule has 9 heteroatoms. The van der Waals surface area contributed by atoms with Crippen LogP contribution in [0, 0.1) is 18.7 Å². The van der Waals surface area contributed by atoms with Gasteiger partial charge in [-0.05, 0) is 59.6 Å². The third-order valence-electron chi connectivity index (χ3n) is 4.68. The van der Waals surface area contributed by atoms with Gasteiger partial charge in [-0.15, -0.1) is 0 Å². The lowest BCUT2D eigenvalue weighted by molar-refractivity contribution is -0.156. The Kier molecular flexibility index (Phi) is 9.64. The van der Waals surface area contributed by atoms with E-state index in [0.717, 1.165) is 18.4 Å². The highest BCUT2D eigenvalue weighted by molar-refractivity contribution is 5.81. The van der Waals surface area contributed by atoms with Crippen molar-refractivity contribution in [1.29, 1.82) is 0 Å². The highest BCUT2D eigenvalue weighted by atomic mass is 19.1.